The van der Waals surface area contributed by atoms with E-state index in [1.54, 1.807) is 31.4 Å². The van der Waals surface area contributed by atoms with E-state index in [2.05, 4.69) is 31.9 Å². The van der Waals surface area contributed by atoms with Gasteiger partial charge in [0.25, 0.3) is 0 Å². The summed E-state index contributed by atoms with van der Waals surface area (Å²) in [4.78, 5) is 88.3. The average Bonchev–Trinajstić information content (AvgIpc) is 3.94. The number of benzene rings is 2. The maximum Gasteiger partial charge on any atom is 0.248 e. The summed E-state index contributed by atoms with van der Waals surface area (Å²) in [6, 6.07) is 8.53. The van der Waals surface area contributed by atoms with Gasteiger partial charge < -0.3 is 47.1 Å². The van der Waals surface area contributed by atoms with Crippen LogP contribution >= 0.6 is 0 Å². The van der Waals surface area contributed by atoms with Crippen LogP contribution in [0.2, 0.25) is 0 Å². The number of ether oxygens (including phenoxy) is 2. The number of halogens is 2. The summed E-state index contributed by atoms with van der Waals surface area (Å²) in [7, 11) is 3.09. The van der Waals surface area contributed by atoms with Gasteiger partial charge in [-0.25, -0.2) is 8.78 Å². The molecule has 6 rings (SSSR count). The number of carbonyl (C=O) groups is 7. The summed E-state index contributed by atoms with van der Waals surface area (Å²) in [5.41, 5.74) is 6.22. The number of alkyl halides is 2. The topological polar surface area (TPSA) is 260 Å². The summed E-state index contributed by atoms with van der Waals surface area (Å²) < 4.78 is 39.7. The number of carbonyl (C=O) groups excluding carboxylic acids is 7. The summed E-state index contributed by atoms with van der Waals surface area (Å²) in [6.45, 7) is 6.41. The second-order valence-corrected chi connectivity index (χ2v) is 19.0. The Morgan fingerprint density at radius 3 is 1.54 bits per heavy atom. The molecule has 69 heavy (non-hydrogen) atoms. The number of methoxy groups -OCH3 is 2. The van der Waals surface area contributed by atoms with Crippen molar-refractivity contribution in [1.29, 1.82) is 5.26 Å². The maximum absolute atomic E-state index is 14.6. The Hall–Kier alpha value is -6.84. The molecule has 0 spiro atoms. The highest BCUT2D eigenvalue weighted by molar-refractivity contribution is 6.04. The normalized spacial score (nSPS) is 19.1. The van der Waals surface area contributed by atoms with Crippen molar-refractivity contribution in [3.8, 4) is 17.6 Å². The van der Waals surface area contributed by atoms with Crippen LogP contribution in [0.3, 0.4) is 0 Å². The molecule has 8 N–H and O–H groups in total. The van der Waals surface area contributed by atoms with Gasteiger partial charge in [-0.05, 0) is 102 Å². The van der Waals surface area contributed by atoms with Crippen LogP contribution in [0.4, 0.5) is 8.78 Å². The highest BCUT2D eigenvalue weighted by Crippen LogP contribution is 2.34. The van der Waals surface area contributed by atoms with Crippen molar-refractivity contribution < 1.29 is 51.8 Å². The van der Waals surface area contributed by atoms with Crippen molar-refractivity contribution in [2.45, 2.75) is 127 Å². The maximum atomic E-state index is 14.6. The van der Waals surface area contributed by atoms with Gasteiger partial charge in [-0.3, -0.25) is 33.6 Å². The molecule has 7 amide bonds. The number of nitrogens with two attached hydrogens (primary N) is 1. The van der Waals surface area contributed by atoms with Gasteiger partial charge in [-0.15, -0.1) is 0 Å². The Morgan fingerprint density at radius 2 is 1.14 bits per heavy atom. The monoisotopic (exact) mass is 958 g/mol. The first-order valence-electron chi connectivity index (χ1n) is 23.2. The van der Waals surface area contributed by atoms with Crippen LogP contribution in [0, 0.1) is 23.2 Å². The molecule has 6 atom stereocenters. The van der Waals surface area contributed by atoms with E-state index < -0.39 is 71.0 Å². The van der Waals surface area contributed by atoms with Gasteiger partial charge >= 0.3 is 0 Å². The highest BCUT2D eigenvalue weighted by atomic mass is 19.1. The number of primary amides is 1. The fourth-order valence-corrected chi connectivity index (χ4v) is 8.84. The molecule has 2 heterocycles. The fraction of sp³-hybridized carbons (Fsp3) is 0.520. The second-order valence-electron chi connectivity index (χ2n) is 19.0. The molecule has 0 unspecified atom stereocenters. The molecule has 2 saturated heterocycles. The van der Waals surface area contributed by atoms with Gasteiger partial charge in [0.05, 0.1) is 20.3 Å². The molecule has 2 aromatic rings. The molecular formula is C50H64F2N8O9. The molecule has 0 aromatic heterocycles. The molecule has 2 aliphatic heterocycles. The van der Waals surface area contributed by atoms with E-state index in [1.807, 2.05) is 30.3 Å². The van der Waals surface area contributed by atoms with E-state index in [0.29, 0.717) is 61.4 Å². The molecule has 2 fully saturated rings. The van der Waals surface area contributed by atoms with Crippen LogP contribution in [0.5, 0.6) is 11.5 Å². The number of nitrogens with zero attached hydrogens (tertiary/aromatic N) is 1. The second kappa shape index (κ2) is 23.4. The number of hydrogen-bond acceptors (Lipinski definition) is 10. The SMILES string of the molecule is COc1cccc2c1C=C(C(=O)N[C@@H](CC(C)(C)F)C(=O)N[C@@H](C[C@@H]1CCCNC1=O)C(N)=O)C2.COc1cccc2c1C=C(C(=O)N[C@@H](CC(C)(C)F)C(=O)N[C@H](C#N)C[C@@H]1CCCNC1=O)C2. The third kappa shape index (κ3) is 15.1. The van der Waals surface area contributed by atoms with Crippen molar-refractivity contribution in [3.05, 3.63) is 69.8 Å². The highest BCUT2D eigenvalue weighted by Gasteiger charge is 2.36. The number of nitrogens with one attached hydrogen (secondary N) is 6. The molecule has 0 saturated carbocycles. The average molecular weight is 959 g/mol. The molecular weight excluding hydrogens is 895 g/mol. The minimum Gasteiger partial charge on any atom is -0.496 e. The molecule has 0 radical (unpaired) electrons. The molecule has 2 aromatic carbocycles. The number of hydrogen-bond donors (Lipinski definition) is 7. The van der Waals surface area contributed by atoms with Gasteiger partial charge in [0.1, 0.15) is 47.0 Å². The van der Waals surface area contributed by atoms with Crippen LogP contribution in [-0.4, -0.2) is 104 Å². The molecule has 4 aliphatic rings. The standard InChI is InChI=1S/C25H33FN4O5.C25H31FN4O4/c1-25(2,26)13-19(24(34)29-18(21(27)31)12-15-7-5-9-28-22(15)32)30-23(33)16-10-14-6-4-8-20(35-3)17(14)11-16;1-25(2,26)13-20(24(33)29-18(14-27)11-16-7-5-9-28-22(16)31)30-23(32)17-10-15-6-4-8-21(34-3)19(15)12-17/h4,6,8,11,15,18-19H,5,7,9-10,12-13H2,1-3H3,(H2,27,31)(H,28,32)(H,29,34)(H,30,33);4,6,8,12,16,18,20H,5,7,9-11,13H2,1-3H3,(H,28,31)(H,29,33)(H,30,32)/t15-,18-,19-;16-,18-,20-/m00/s1. The van der Waals surface area contributed by atoms with Crippen LogP contribution in [-0.2, 0) is 46.4 Å². The minimum absolute atomic E-state index is 0.0346. The van der Waals surface area contributed by atoms with Crippen molar-refractivity contribution in [3.63, 3.8) is 0 Å². The summed E-state index contributed by atoms with van der Waals surface area (Å²) in [6.07, 6.45) is 6.48. The van der Waals surface area contributed by atoms with Gasteiger partial charge in [-0.2, -0.15) is 5.26 Å². The van der Waals surface area contributed by atoms with Gasteiger partial charge in [0, 0.05) is 72.9 Å². The van der Waals surface area contributed by atoms with Gasteiger partial charge in [-0.1, -0.05) is 24.3 Å². The largest absolute Gasteiger partial charge is 0.496 e. The predicted molar refractivity (Wildman–Crippen MR) is 252 cm³/mol. The Balaban J connectivity index is 0.000000258. The number of amides is 7. The summed E-state index contributed by atoms with van der Waals surface area (Å²) in [5, 5.41) is 25.4. The van der Waals surface area contributed by atoms with Crippen LogP contribution in [0.25, 0.3) is 12.2 Å². The van der Waals surface area contributed by atoms with Gasteiger partial charge in [0.2, 0.25) is 41.4 Å². The van der Waals surface area contributed by atoms with Gasteiger partial charge in [0.15, 0.2) is 0 Å². The van der Waals surface area contributed by atoms with E-state index in [-0.39, 0.29) is 43.4 Å². The van der Waals surface area contributed by atoms with E-state index in [1.165, 1.54) is 34.8 Å². The quantitative estimate of drug-likeness (QED) is 0.108. The molecule has 0 bridgehead atoms. The van der Waals surface area contributed by atoms with E-state index in [4.69, 9.17) is 15.2 Å². The first-order valence-corrected chi connectivity index (χ1v) is 23.2. The van der Waals surface area contributed by atoms with Crippen molar-refractivity contribution in [1.82, 2.24) is 31.9 Å². The summed E-state index contributed by atoms with van der Waals surface area (Å²) in [5.74, 6) is -3.11. The third-order valence-corrected chi connectivity index (χ3v) is 12.3. The number of piperidine rings is 2. The van der Waals surface area contributed by atoms with E-state index in [9.17, 15) is 47.6 Å². The van der Waals surface area contributed by atoms with Crippen LogP contribution in [0.1, 0.15) is 101 Å². The van der Waals surface area contributed by atoms with Crippen molar-refractivity contribution >= 4 is 53.5 Å². The zero-order valence-electron chi connectivity index (χ0n) is 40.0. The molecule has 19 heteroatoms. The number of fused-ring (bicyclic) bond motifs is 2. The van der Waals surface area contributed by atoms with Crippen LogP contribution in [0.15, 0.2) is 47.5 Å². The molecule has 372 valence electrons. The fourth-order valence-electron chi connectivity index (χ4n) is 8.84. The Morgan fingerprint density at radius 1 is 0.710 bits per heavy atom. The smallest absolute Gasteiger partial charge is 0.248 e. The zero-order chi connectivity index (χ0) is 50.6. The lowest BCUT2D eigenvalue weighted by Gasteiger charge is -2.28. The number of nitriles is 1. The molecule has 17 nitrogen and oxygen atoms in total. The van der Waals surface area contributed by atoms with Crippen molar-refractivity contribution in [2.24, 2.45) is 17.6 Å². The predicted octanol–water partition coefficient (Wildman–Crippen LogP) is 3.33. The Labute approximate surface area is 401 Å². The third-order valence-electron chi connectivity index (χ3n) is 12.3. The van der Waals surface area contributed by atoms with E-state index >= 15 is 0 Å². The summed E-state index contributed by atoms with van der Waals surface area (Å²) >= 11 is 0. The molecule has 2 aliphatic carbocycles. The lowest BCUT2D eigenvalue weighted by Crippen LogP contribution is -2.55. The Bertz CT molecular complexity index is 2380. The lowest BCUT2D eigenvalue weighted by atomic mass is 9.91. The first kappa shape index (κ1) is 53.1. The van der Waals surface area contributed by atoms with E-state index in [0.717, 1.165) is 35.1 Å². The zero-order valence-corrected chi connectivity index (χ0v) is 40.0. The lowest BCUT2D eigenvalue weighted by molar-refractivity contribution is -0.132. The van der Waals surface area contributed by atoms with Crippen molar-refractivity contribution in [2.75, 3.05) is 27.3 Å². The first-order chi connectivity index (χ1) is 32.6. The minimum atomic E-state index is -1.78. The number of rotatable bonds is 19. The Kier molecular flexibility index (Phi) is 18.1. The van der Waals surface area contributed by atoms with Crippen LogP contribution < -0.4 is 47.1 Å².